The first kappa shape index (κ1) is 13.1. The van der Waals surface area contributed by atoms with Gasteiger partial charge in [0.05, 0.1) is 17.8 Å². The molecular formula is C12H19FN2O. The van der Waals surface area contributed by atoms with Gasteiger partial charge in [0.2, 0.25) is 0 Å². The van der Waals surface area contributed by atoms with Crippen LogP contribution in [-0.2, 0) is 0 Å². The maximum Gasteiger partial charge on any atom is 0.146 e. The molecule has 0 radical (unpaired) electrons. The van der Waals surface area contributed by atoms with Gasteiger partial charge in [-0.1, -0.05) is 13.8 Å². The van der Waals surface area contributed by atoms with Gasteiger partial charge in [-0.3, -0.25) is 4.98 Å². The van der Waals surface area contributed by atoms with Crippen molar-refractivity contribution in [3.63, 3.8) is 0 Å². The number of aromatic nitrogens is 1. The number of aliphatic hydroxyl groups is 1. The summed E-state index contributed by atoms with van der Waals surface area (Å²) in [5, 5.41) is 12.6. The van der Waals surface area contributed by atoms with Crippen molar-refractivity contribution in [1.29, 1.82) is 0 Å². The average Bonchev–Trinajstić information content (AvgIpc) is 2.31. The van der Waals surface area contributed by atoms with E-state index in [1.165, 1.54) is 6.07 Å². The molecule has 0 aromatic carbocycles. The zero-order chi connectivity index (χ0) is 12.0. The van der Waals surface area contributed by atoms with E-state index in [-0.39, 0.29) is 18.0 Å². The van der Waals surface area contributed by atoms with Gasteiger partial charge in [-0.2, -0.15) is 0 Å². The summed E-state index contributed by atoms with van der Waals surface area (Å²) in [5.41, 5.74) is 0.424. The van der Waals surface area contributed by atoms with Crippen LogP contribution < -0.4 is 5.32 Å². The predicted octanol–water partition coefficient (Wildman–Crippen LogP) is 2.03. The van der Waals surface area contributed by atoms with Crippen LogP contribution in [0, 0.1) is 5.82 Å². The standard InChI is InChI=1S/C12H19FN2O/c1-3-9(16)8-15-11(4-2)12-10(13)6-5-7-14-12/h5-7,9,11,15-16H,3-4,8H2,1-2H3/t9-,11?/m1/s1. The van der Waals surface area contributed by atoms with E-state index in [4.69, 9.17) is 0 Å². The Balaban J connectivity index is 2.64. The summed E-state index contributed by atoms with van der Waals surface area (Å²) in [6.45, 7) is 4.34. The zero-order valence-electron chi connectivity index (χ0n) is 9.78. The number of nitrogens with zero attached hydrogens (tertiary/aromatic N) is 1. The lowest BCUT2D eigenvalue weighted by Crippen LogP contribution is -2.30. The maximum atomic E-state index is 13.5. The molecule has 0 aliphatic carbocycles. The van der Waals surface area contributed by atoms with Crippen LogP contribution in [-0.4, -0.2) is 22.7 Å². The Morgan fingerprint density at radius 2 is 2.19 bits per heavy atom. The smallest absolute Gasteiger partial charge is 0.146 e. The molecule has 0 amide bonds. The fourth-order valence-electron chi connectivity index (χ4n) is 1.51. The normalized spacial score (nSPS) is 14.8. The Morgan fingerprint density at radius 1 is 1.44 bits per heavy atom. The molecule has 0 aliphatic heterocycles. The topological polar surface area (TPSA) is 45.1 Å². The quantitative estimate of drug-likeness (QED) is 0.780. The van der Waals surface area contributed by atoms with Gasteiger partial charge in [0.25, 0.3) is 0 Å². The molecule has 0 bridgehead atoms. The SMILES string of the molecule is CCC(NC[C@H](O)CC)c1ncccc1F. The second-order valence-corrected chi connectivity index (χ2v) is 3.80. The third kappa shape index (κ3) is 3.54. The molecule has 2 N–H and O–H groups in total. The molecule has 0 fully saturated rings. The Labute approximate surface area is 95.7 Å². The van der Waals surface area contributed by atoms with E-state index in [0.29, 0.717) is 18.7 Å². The third-order valence-corrected chi connectivity index (χ3v) is 2.60. The fourth-order valence-corrected chi connectivity index (χ4v) is 1.51. The highest BCUT2D eigenvalue weighted by Crippen LogP contribution is 2.16. The maximum absolute atomic E-state index is 13.5. The van der Waals surface area contributed by atoms with Gasteiger partial charge in [0, 0.05) is 12.7 Å². The van der Waals surface area contributed by atoms with Crippen molar-refractivity contribution >= 4 is 0 Å². The molecule has 2 atom stereocenters. The predicted molar refractivity (Wildman–Crippen MR) is 61.5 cm³/mol. The van der Waals surface area contributed by atoms with Gasteiger partial charge in [-0.15, -0.1) is 0 Å². The number of pyridine rings is 1. The number of hydrogen-bond acceptors (Lipinski definition) is 3. The van der Waals surface area contributed by atoms with Crippen molar-refractivity contribution in [2.45, 2.75) is 38.8 Å². The van der Waals surface area contributed by atoms with Gasteiger partial charge in [-0.25, -0.2) is 4.39 Å². The lowest BCUT2D eigenvalue weighted by atomic mass is 10.1. The van der Waals surface area contributed by atoms with Crippen LogP contribution in [0.1, 0.15) is 38.4 Å². The van der Waals surface area contributed by atoms with E-state index >= 15 is 0 Å². The molecule has 4 heteroatoms. The summed E-state index contributed by atoms with van der Waals surface area (Å²) in [5.74, 6) is -0.298. The molecule has 1 unspecified atom stereocenters. The first-order valence-corrected chi connectivity index (χ1v) is 5.70. The lowest BCUT2D eigenvalue weighted by Gasteiger charge is -2.18. The Hall–Kier alpha value is -1.00. The molecule has 1 aromatic rings. The van der Waals surface area contributed by atoms with Crippen molar-refractivity contribution in [2.75, 3.05) is 6.54 Å². The highest BCUT2D eigenvalue weighted by atomic mass is 19.1. The van der Waals surface area contributed by atoms with E-state index in [0.717, 1.165) is 6.42 Å². The van der Waals surface area contributed by atoms with Crippen LogP contribution in [0.2, 0.25) is 0 Å². The van der Waals surface area contributed by atoms with Crippen molar-refractivity contribution in [3.8, 4) is 0 Å². The molecule has 90 valence electrons. The monoisotopic (exact) mass is 226 g/mol. The number of nitrogens with one attached hydrogen (secondary N) is 1. The summed E-state index contributed by atoms with van der Waals surface area (Å²) < 4.78 is 13.5. The van der Waals surface area contributed by atoms with Crippen molar-refractivity contribution in [1.82, 2.24) is 10.3 Å². The van der Waals surface area contributed by atoms with Crippen molar-refractivity contribution in [2.24, 2.45) is 0 Å². The Kier molecular flexibility index (Phi) is 5.35. The first-order chi connectivity index (χ1) is 7.69. The molecule has 1 rings (SSSR count). The third-order valence-electron chi connectivity index (χ3n) is 2.60. The van der Waals surface area contributed by atoms with Crippen LogP contribution >= 0.6 is 0 Å². The molecular weight excluding hydrogens is 207 g/mol. The van der Waals surface area contributed by atoms with Crippen LogP contribution in [0.3, 0.4) is 0 Å². The van der Waals surface area contributed by atoms with Crippen LogP contribution in [0.25, 0.3) is 0 Å². The number of hydrogen-bond donors (Lipinski definition) is 2. The minimum Gasteiger partial charge on any atom is -0.392 e. The van der Waals surface area contributed by atoms with E-state index in [2.05, 4.69) is 10.3 Å². The molecule has 0 saturated carbocycles. The summed E-state index contributed by atoms with van der Waals surface area (Å²) in [6, 6.07) is 2.84. The molecule has 3 nitrogen and oxygen atoms in total. The molecule has 16 heavy (non-hydrogen) atoms. The van der Waals surface area contributed by atoms with Crippen molar-refractivity contribution < 1.29 is 9.50 Å². The minimum atomic E-state index is -0.388. The average molecular weight is 226 g/mol. The van der Waals surface area contributed by atoms with E-state index in [9.17, 15) is 9.50 Å². The molecule has 1 aromatic heterocycles. The Bertz CT molecular complexity index is 320. The van der Waals surface area contributed by atoms with Crippen molar-refractivity contribution in [3.05, 3.63) is 29.8 Å². The summed E-state index contributed by atoms with van der Waals surface area (Å²) in [6.07, 6.45) is 2.62. The lowest BCUT2D eigenvalue weighted by molar-refractivity contribution is 0.162. The molecule has 0 saturated heterocycles. The van der Waals surface area contributed by atoms with Gasteiger partial charge in [-0.05, 0) is 25.0 Å². The molecule has 0 aliphatic rings. The summed E-state index contributed by atoms with van der Waals surface area (Å²) >= 11 is 0. The highest BCUT2D eigenvalue weighted by Gasteiger charge is 2.15. The summed E-state index contributed by atoms with van der Waals surface area (Å²) in [4.78, 5) is 4.03. The van der Waals surface area contributed by atoms with Gasteiger partial charge < -0.3 is 10.4 Å². The second-order valence-electron chi connectivity index (χ2n) is 3.80. The van der Waals surface area contributed by atoms with Gasteiger partial charge in [0.15, 0.2) is 0 Å². The molecule has 1 heterocycles. The summed E-state index contributed by atoms with van der Waals surface area (Å²) in [7, 11) is 0. The highest BCUT2D eigenvalue weighted by molar-refractivity contribution is 5.11. The first-order valence-electron chi connectivity index (χ1n) is 5.70. The number of aliphatic hydroxyl groups excluding tert-OH is 1. The van der Waals surface area contributed by atoms with E-state index < -0.39 is 0 Å². The zero-order valence-corrected chi connectivity index (χ0v) is 9.78. The van der Waals surface area contributed by atoms with Crippen LogP contribution in [0.15, 0.2) is 18.3 Å². The Morgan fingerprint density at radius 3 is 2.75 bits per heavy atom. The fraction of sp³-hybridized carbons (Fsp3) is 0.583. The largest absolute Gasteiger partial charge is 0.392 e. The van der Waals surface area contributed by atoms with E-state index in [1.807, 2.05) is 13.8 Å². The second kappa shape index (κ2) is 6.55. The van der Waals surface area contributed by atoms with Crippen LogP contribution in [0.5, 0.6) is 0 Å². The van der Waals surface area contributed by atoms with Gasteiger partial charge in [0.1, 0.15) is 5.82 Å². The van der Waals surface area contributed by atoms with E-state index in [1.54, 1.807) is 12.3 Å². The minimum absolute atomic E-state index is 0.137. The number of rotatable bonds is 6. The number of halogens is 1. The molecule has 0 spiro atoms. The van der Waals surface area contributed by atoms with Crippen LogP contribution in [0.4, 0.5) is 4.39 Å². The van der Waals surface area contributed by atoms with Gasteiger partial charge >= 0.3 is 0 Å².